The van der Waals surface area contributed by atoms with Crippen molar-refractivity contribution < 1.29 is 9.53 Å². The molecule has 0 fully saturated rings. The monoisotopic (exact) mass is 378 g/mol. The van der Waals surface area contributed by atoms with Gasteiger partial charge in [-0.05, 0) is 30.2 Å². The van der Waals surface area contributed by atoms with Crippen LogP contribution in [0.2, 0.25) is 0 Å². The van der Waals surface area contributed by atoms with E-state index >= 15 is 0 Å². The van der Waals surface area contributed by atoms with Crippen LogP contribution in [0.4, 0.5) is 0 Å². The highest BCUT2D eigenvalue weighted by Gasteiger charge is 2.17. The lowest BCUT2D eigenvalue weighted by Crippen LogP contribution is -2.32. The first-order valence-corrected chi connectivity index (χ1v) is 9.02. The highest BCUT2D eigenvalue weighted by molar-refractivity contribution is 5.93. The number of nitrogens with zero attached hydrogens (tertiary/aromatic N) is 3. The van der Waals surface area contributed by atoms with E-state index in [2.05, 4.69) is 21.9 Å². The number of carbonyl (C=O) groups excluding carboxylic acids is 1. The Hall–Kier alpha value is -3.48. The minimum atomic E-state index is -0.493. The van der Waals surface area contributed by atoms with E-state index < -0.39 is 11.5 Å². The van der Waals surface area contributed by atoms with Crippen molar-refractivity contribution in [2.24, 2.45) is 0 Å². The molecule has 0 unspecified atom stereocenters. The number of para-hydroxylation sites is 1. The number of benzene rings is 1. The van der Waals surface area contributed by atoms with Crippen LogP contribution in [0.15, 0.2) is 59.7 Å². The topological polar surface area (TPSA) is 88.2 Å². The Morgan fingerprint density at radius 3 is 2.54 bits per heavy atom. The van der Waals surface area contributed by atoms with Crippen molar-refractivity contribution in [1.29, 1.82) is 0 Å². The predicted molar refractivity (Wildman–Crippen MR) is 105 cm³/mol. The van der Waals surface area contributed by atoms with Crippen LogP contribution >= 0.6 is 0 Å². The second kappa shape index (κ2) is 8.94. The molecule has 0 atom stereocenters. The first-order chi connectivity index (χ1) is 13.6. The molecule has 7 heteroatoms. The summed E-state index contributed by atoms with van der Waals surface area (Å²) in [6.45, 7) is 2.47. The molecule has 2 aromatic heterocycles. The van der Waals surface area contributed by atoms with Crippen LogP contribution in [0, 0.1) is 0 Å². The summed E-state index contributed by atoms with van der Waals surface area (Å²) in [5.41, 5.74) is 1.38. The number of H-pyrrole nitrogens is 1. The summed E-state index contributed by atoms with van der Waals surface area (Å²) in [6.07, 6.45) is 3.99. The summed E-state index contributed by atoms with van der Waals surface area (Å²) >= 11 is 0. The Morgan fingerprint density at radius 2 is 1.89 bits per heavy atom. The van der Waals surface area contributed by atoms with E-state index in [0.717, 1.165) is 17.7 Å². The molecule has 1 aromatic carbocycles. The Kier molecular flexibility index (Phi) is 6.16. The molecule has 0 aliphatic carbocycles. The largest absolute Gasteiger partial charge is 0.486 e. The number of hydrogen-bond acceptors (Lipinski definition) is 5. The van der Waals surface area contributed by atoms with Crippen molar-refractivity contribution in [1.82, 2.24) is 19.9 Å². The minimum absolute atomic E-state index is 0.0175. The van der Waals surface area contributed by atoms with E-state index in [-0.39, 0.29) is 12.2 Å². The van der Waals surface area contributed by atoms with Crippen LogP contribution < -0.4 is 10.3 Å². The third-order valence-electron chi connectivity index (χ3n) is 4.24. The number of amides is 1. The van der Waals surface area contributed by atoms with Gasteiger partial charge in [-0.1, -0.05) is 31.2 Å². The zero-order valence-electron chi connectivity index (χ0n) is 15.9. The normalized spacial score (nSPS) is 10.5. The van der Waals surface area contributed by atoms with Gasteiger partial charge in [-0.25, -0.2) is 4.98 Å². The van der Waals surface area contributed by atoms with Crippen molar-refractivity contribution in [2.45, 2.75) is 26.5 Å². The van der Waals surface area contributed by atoms with Crippen LogP contribution in [-0.4, -0.2) is 32.8 Å². The smallest absolute Gasteiger partial charge is 0.263 e. The number of pyridine rings is 1. The Balaban J connectivity index is 1.64. The van der Waals surface area contributed by atoms with Gasteiger partial charge in [-0.3, -0.25) is 14.6 Å². The molecular weight excluding hydrogens is 356 g/mol. The lowest BCUT2D eigenvalue weighted by atomic mass is 10.2. The standard InChI is InChI=1S/C21H22N4O3/c1-3-15-9-10-16(22-11-15)13-25(2)21(27)18-12-23-19(24-20(18)26)14-28-17-7-5-4-6-8-17/h4-12H,3,13-14H2,1-2H3,(H,23,24,26). The number of nitrogens with one attached hydrogen (secondary N) is 1. The summed E-state index contributed by atoms with van der Waals surface area (Å²) in [7, 11) is 1.63. The molecule has 0 spiro atoms. The summed E-state index contributed by atoms with van der Waals surface area (Å²) < 4.78 is 5.56. The summed E-state index contributed by atoms with van der Waals surface area (Å²) in [5.74, 6) is 0.613. The molecule has 1 amide bonds. The fraction of sp³-hybridized carbons (Fsp3) is 0.238. The van der Waals surface area contributed by atoms with Crippen molar-refractivity contribution in [3.63, 3.8) is 0 Å². The molecule has 7 nitrogen and oxygen atoms in total. The van der Waals surface area contributed by atoms with Crippen LogP contribution in [0.1, 0.15) is 34.4 Å². The molecule has 0 aliphatic heterocycles. The number of aromatic nitrogens is 3. The average molecular weight is 378 g/mol. The molecular formula is C21H22N4O3. The van der Waals surface area contributed by atoms with Gasteiger partial charge in [0.05, 0.1) is 12.2 Å². The van der Waals surface area contributed by atoms with E-state index in [1.807, 2.05) is 42.5 Å². The van der Waals surface area contributed by atoms with Crippen LogP contribution in [0.25, 0.3) is 0 Å². The van der Waals surface area contributed by atoms with E-state index in [4.69, 9.17) is 4.74 Å². The van der Waals surface area contributed by atoms with Crippen molar-refractivity contribution in [3.8, 4) is 5.75 Å². The fourth-order valence-corrected chi connectivity index (χ4v) is 2.60. The molecule has 144 valence electrons. The average Bonchev–Trinajstić information content (AvgIpc) is 2.73. The first-order valence-electron chi connectivity index (χ1n) is 9.02. The van der Waals surface area contributed by atoms with Crippen LogP contribution in [0.3, 0.4) is 0 Å². The van der Waals surface area contributed by atoms with E-state index in [9.17, 15) is 9.59 Å². The van der Waals surface area contributed by atoms with Gasteiger partial charge in [0.25, 0.3) is 11.5 Å². The van der Waals surface area contributed by atoms with Crippen molar-refractivity contribution >= 4 is 5.91 Å². The second-order valence-corrected chi connectivity index (χ2v) is 6.35. The number of aromatic amines is 1. The molecule has 2 heterocycles. The number of hydrogen-bond donors (Lipinski definition) is 1. The quantitative estimate of drug-likeness (QED) is 0.683. The number of ether oxygens (including phenoxy) is 1. The van der Waals surface area contributed by atoms with Crippen molar-refractivity contribution in [3.05, 3.63) is 87.9 Å². The summed E-state index contributed by atoms with van der Waals surface area (Å²) in [4.78, 5) is 37.4. The predicted octanol–water partition coefficient (Wildman–Crippen LogP) is 2.58. The lowest BCUT2D eigenvalue weighted by molar-refractivity contribution is 0.0781. The van der Waals surface area contributed by atoms with E-state index in [1.165, 1.54) is 11.1 Å². The number of carbonyl (C=O) groups is 1. The SMILES string of the molecule is CCc1ccc(CN(C)C(=O)c2cnc(COc3ccccc3)[nH]c2=O)nc1. The molecule has 0 aliphatic rings. The van der Waals surface area contributed by atoms with Gasteiger partial charge in [0.1, 0.15) is 23.7 Å². The Labute approximate surface area is 163 Å². The minimum Gasteiger partial charge on any atom is -0.486 e. The molecule has 0 radical (unpaired) electrons. The first kappa shape index (κ1) is 19.3. The Bertz CT molecular complexity index is 985. The molecule has 1 N–H and O–H groups in total. The van der Waals surface area contributed by atoms with Crippen LogP contribution in [0.5, 0.6) is 5.75 Å². The lowest BCUT2D eigenvalue weighted by Gasteiger charge is -2.16. The fourth-order valence-electron chi connectivity index (χ4n) is 2.60. The molecule has 28 heavy (non-hydrogen) atoms. The molecule has 0 saturated heterocycles. The van der Waals surface area contributed by atoms with Gasteiger partial charge in [0.2, 0.25) is 0 Å². The van der Waals surface area contributed by atoms with Gasteiger partial charge in [0, 0.05) is 19.4 Å². The third kappa shape index (κ3) is 4.82. The van der Waals surface area contributed by atoms with Crippen molar-refractivity contribution in [2.75, 3.05) is 7.05 Å². The zero-order valence-corrected chi connectivity index (χ0v) is 15.9. The molecule has 0 bridgehead atoms. The maximum Gasteiger partial charge on any atom is 0.263 e. The summed E-state index contributed by atoms with van der Waals surface area (Å²) in [6, 6.07) is 13.1. The van der Waals surface area contributed by atoms with Gasteiger partial charge in [0.15, 0.2) is 0 Å². The van der Waals surface area contributed by atoms with E-state index in [0.29, 0.717) is 18.1 Å². The van der Waals surface area contributed by atoms with Gasteiger partial charge >= 0.3 is 0 Å². The highest BCUT2D eigenvalue weighted by atomic mass is 16.5. The zero-order chi connectivity index (χ0) is 19.9. The summed E-state index contributed by atoms with van der Waals surface area (Å²) in [5, 5.41) is 0. The number of rotatable bonds is 7. The molecule has 0 saturated carbocycles. The second-order valence-electron chi connectivity index (χ2n) is 6.35. The molecule has 3 aromatic rings. The van der Waals surface area contributed by atoms with Gasteiger partial charge < -0.3 is 14.6 Å². The van der Waals surface area contributed by atoms with Crippen LogP contribution in [-0.2, 0) is 19.6 Å². The van der Waals surface area contributed by atoms with Gasteiger partial charge in [-0.15, -0.1) is 0 Å². The third-order valence-corrected chi connectivity index (χ3v) is 4.24. The number of aryl methyl sites for hydroxylation is 1. The van der Waals surface area contributed by atoms with Gasteiger partial charge in [-0.2, -0.15) is 0 Å². The Morgan fingerprint density at radius 1 is 1.11 bits per heavy atom. The maximum absolute atomic E-state index is 12.6. The maximum atomic E-state index is 12.6. The van der Waals surface area contributed by atoms with E-state index in [1.54, 1.807) is 13.2 Å². The molecule has 3 rings (SSSR count). The highest BCUT2D eigenvalue weighted by Crippen LogP contribution is 2.10.